The van der Waals surface area contributed by atoms with Crippen molar-refractivity contribution in [3.63, 3.8) is 0 Å². The van der Waals surface area contributed by atoms with E-state index in [1.54, 1.807) is 36.3 Å². The predicted octanol–water partition coefficient (Wildman–Crippen LogP) is 4.29. The van der Waals surface area contributed by atoms with Crippen LogP contribution in [0.1, 0.15) is 43.1 Å². The molecule has 0 bridgehead atoms. The number of fused-ring (bicyclic) bond motifs is 1. The zero-order valence-corrected chi connectivity index (χ0v) is 30.6. The van der Waals surface area contributed by atoms with Crippen LogP contribution < -0.4 is 20.3 Å². The summed E-state index contributed by atoms with van der Waals surface area (Å²) < 4.78 is 16.5. The second-order valence-electron chi connectivity index (χ2n) is 14.0. The fourth-order valence-electron chi connectivity index (χ4n) is 7.44. The SMILES string of the molecule is COCc1cc(C(=O)N2CCc3c(-c4cccc(NC(=O)c5ccc(CNC(CO)CO)c(OC)c5)c4Cl)cccc32)ncc1CN1CC2(COC2)C1. The van der Waals surface area contributed by atoms with E-state index in [4.69, 9.17) is 25.8 Å². The van der Waals surface area contributed by atoms with Gasteiger partial charge in [-0.3, -0.25) is 19.5 Å². The van der Waals surface area contributed by atoms with Crippen LogP contribution >= 0.6 is 11.6 Å². The number of halogens is 1. The highest BCUT2D eigenvalue weighted by molar-refractivity contribution is 6.36. The Morgan fingerprint density at radius 3 is 2.49 bits per heavy atom. The minimum absolute atomic E-state index is 0.176. The maximum absolute atomic E-state index is 14.0. The maximum Gasteiger partial charge on any atom is 0.276 e. The van der Waals surface area contributed by atoms with Crippen LogP contribution in [-0.2, 0) is 35.6 Å². The predicted molar refractivity (Wildman–Crippen MR) is 201 cm³/mol. The molecule has 4 aromatic rings. The number of hydrogen-bond acceptors (Lipinski definition) is 10. The Morgan fingerprint density at radius 2 is 1.77 bits per heavy atom. The molecule has 278 valence electrons. The van der Waals surface area contributed by atoms with Crippen molar-refractivity contribution in [1.82, 2.24) is 15.2 Å². The molecular formula is C40H44ClN5O7. The van der Waals surface area contributed by atoms with Gasteiger partial charge in [-0.2, -0.15) is 0 Å². The third-order valence-electron chi connectivity index (χ3n) is 10.3. The van der Waals surface area contributed by atoms with Crippen LogP contribution in [0.4, 0.5) is 11.4 Å². The maximum atomic E-state index is 14.0. The summed E-state index contributed by atoms with van der Waals surface area (Å²) in [6, 6.07) is 17.8. The molecule has 4 N–H and O–H groups in total. The Balaban J connectivity index is 1.07. The number of aliphatic hydroxyl groups is 2. The summed E-state index contributed by atoms with van der Waals surface area (Å²) in [6.07, 6.45) is 2.44. The number of aromatic nitrogens is 1. The van der Waals surface area contributed by atoms with Gasteiger partial charge in [0.05, 0.1) is 56.9 Å². The summed E-state index contributed by atoms with van der Waals surface area (Å²) in [4.78, 5) is 36.2. The first-order valence-corrected chi connectivity index (χ1v) is 18.1. The minimum atomic E-state index is -0.466. The first-order chi connectivity index (χ1) is 25.8. The number of amides is 2. The number of rotatable bonds is 14. The number of likely N-dealkylation sites (tertiary alicyclic amines) is 1. The number of methoxy groups -OCH3 is 2. The van der Waals surface area contributed by atoms with Gasteiger partial charge in [-0.25, -0.2) is 0 Å². The van der Waals surface area contributed by atoms with Crippen molar-refractivity contribution in [2.45, 2.75) is 32.2 Å². The molecule has 0 radical (unpaired) electrons. The largest absolute Gasteiger partial charge is 0.496 e. The van der Waals surface area contributed by atoms with E-state index in [0.29, 0.717) is 59.2 Å². The van der Waals surface area contributed by atoms with Crippen molar-refractivity contribution in [3.8, 4) is 16.9 Å². The van der Waals surface area contributed by atoms with Gasteiger partial charge in [-0.15, -0.1) is 0 Å². The lowest BCUT2D eigenvalue weighted by atomic mass is 9.78. The van der Waals surface area contributed by atoms with Crippen molar-refractivity contribution in [3.05, 3.63) is 105 Å². The van der Waals surface area contributed by atoms with E-state index in [1.807, 2.05) is 42.6 Å². The topological polar surface area (TPSA) is 146 Å². The quantitative estimate of drug-likeness (QED) is 0.148. The van der Waals surface area contributed by atoms with E-state index in [0.717, 1.165) is 71.9 Å². The number of anilines is 2. The van der Waals surface area contributed by atoms with Crippen molar-refractivity contribution >= 4 is 34.8 Å². The smallest absolute Gasteiger partial charge is 0.276 e. The average Bonchev–Trinajstić information content (AvgIpc) is 3.58. The Hall–Kier alpha value is -4.40. The molecule has 53 heavy (non-hydrogen) atoms. The van der Waals surface area contributed by atoms with Crippen LogP contribution in [0.25, 0.3) is 11.1 Å². The number of nitrogens with zero attached hydrogens (tertiary/aromatic N) is 3. The number of carbonyl (C=O) groups excluding carboxylic acids is 2. The normalized spacial score (nSPS) is 16.0. The number of hydrogen-bond donors (Lipinski definition) is 4. The number of benzene rings is 3. The fraction of sp³-hybridized carbons (Fsp3) is 0.375. The molecule has 2 amide bonds. The third kappa shape index (κ3) is 7.54. The molecule has 1 spiro atoms. The molecule has 0 atom stereocenters. The zero-order valence-electron chi connectivity index (χ0n) is 29.9. The lowest BCUT2D eigenvalue weighted by Crippen LogP contribution is -2.65. The molecule has 7 rings (SSSR count). The Kier molecular flexibility index (Phi) is 11.1. The van der Waals surface area contributed by atoms with Gasteiger partial charge in [0.25, 0.3) is 11.8 Å². The molecule has 3 aliphatic rings. The number of ether oxygens (including phenoxy) is 3. The van der Waals surface area contributed by atoms with Gasteiger partial charge in [0, 0.05) is 73.8 Å². The summed E-state index contributed by atoms with van der Waals surface area (Å²) >= 11 is 6.99. The third-order valence-corrected chi connectivity index (χ3v) is 10.7. The van der Waals surface area contributed by atoms with Crippen LogP contribution in [0.5, 0.6) is 5.75 Å². The Morgan fingerprint density at radius 1 is 1.00 bits per heavy atom. The molecule has 0 unspecified atom stereocenters. The van der Waals surface area contributed by atoms with E-state index in [1.165, 1.54) is 7.11 Å². The van der Waals surface area contributed by atoms with Crippen LogP contribution in [0, 0.1) is 5.41 Å². The lowest BCUT2D eigenvalue weighted by Gasteiger charge is -2.55. The molecular weight excluding hydrogens is 698 g/mol. The minimum Gasteiger partial charge on any atom is -0.496 e. The summed E-state index contributed by atoms with van der Waals surface area (Å²) in [5.41, 5.74) is 7.70. The first kappa shape index (κ1) is 36.9. The molecule has 1 aromatic heterocycles. The highest BCUT2D eigenvalue weighted by Gasteiger charge is 2.48. The Bertz CT molecular complexity index is 1990. The summed E-state index contributed by atoms with van der Waals surface area (Å²) in [6.45, 7) is 5.24. The van der Waals surface area contributed by atoms with E-state index in [-0.39, 0.29) is 25.0 Å². The van der Waals surface area contributed by atoms with E-state index in [2.05, 4.69) is 20.5 Å². The molecule has 2 saturated heterocycles. The number of aliphatic hydroxyl groups excluding tert-OH is 2. The standard InChI is InChI=1S/C40H44ClN5O7/c1-51-20-27-13-34(43-16-28(27)17-45-21-40(22-45)23-53-24-40)39(50)46-12-11-31-30(5-4-8-35(31)46)32-6-3-7-33(37(32)41)44-38(49)25-9-10-26(36(14-25)52-2)15-42-29(18-47)19-48/h3-10,13-14,16,29,42,47-48H,11-12,15,17-24H2,1-2H3,(H,44,49). The zero-order chi connectivity index (χ0) is 37.1. The molecule has 3 aromatic carbocycles. The van der Waals surface area contributed by atoms with Crippen LogP contribution in [0.2, 0.25) is 5.02 Å². The molecule has 4 heterocycles. The van der Waals surface area contributed by atoms with Crippen LogP contribution in [0.3, 0.4) is 0 Å². The number of carbonyl (C=O) groups is 2. The highest BCUT2D eigenvalue weighted by atomic mass is 35.5. The Labute approximate surface area is 313 Å². The fourth-order valence-corrected chi connectivity index (χ4v) is 7.72. The molecule has 13 heteroatoms. The van der Waals surface area contributed by atoms with Gasteiger partial charge in [-0.1, -0.05) is 41.9 Å². The van der Waals surface area contributed by atoms with Crippen molar-refractivity contribution in [2.24, 2.45) is 5.41 Å². The van der Waals surface area contributed by atoms with E-state index in [9.17, 15) is 19.8 Å². The van der Waals surface area contributed by atoms with Gasteiger partial charge in [0.1, 0.15) is 11.4 Å². The number of nitrogens with one attached hydrogen (secondary N) is 2. The molecule has 0 saturated carbocycles. The van der Waals surface area contributed by atoms with Gasteiger partial charge < -0.3 is 40.0 Å². The molecule has 12 nitrogen and oxygen atoms in total. The molecule has 3 aliphatic heterocycles. The lowest BCUT2D eigenvalue weighted by molar-refractivity contribution is -0.191. The molecule has 0 aliphatic carbocycles. The van der Waals surface area contributed by atoms with Crippen molar-refractivity contribution < 1.29 is 34.0 Å². The van der Waals surface area contributed by atoms with Gasteiger partial charge in [0.2, 0.25) is 0 Å². The molecule has 2 fully saturated rings. The van der Waals surface area contributed by atoms with E-state index < -0.39 is 6.04 Å². The van der Waals surface area contributed by atoms with Crippen molar-refractivity contribution in [1.29, 1.82) is 0 Å². The van der Waals surface area contributed by atoms with Crippen LogP contribution in [0.15, 0.2) is 66.9 Å². The summed E-state index contributed by atoms with van der Waals surface area (Å²) in [5.74, 6) is -0.0529. The van der Waals surface area contributed by atoms with Gasteiger partial charge >= 0.3 is 0 Å². The monoisotopic (exact) mass is 741 g/mol. The van der Waals surface area contributed by atoms with E-state index >= 15 is 0 Å². The second kappa shape index (κ2) is 15.9. The first-order valence-electron chi connectivity index (χ1n) is 17.7. The summed E-state index contributed by atoms with van der Waals surface area (Å²) in [7, 11) is 3.17. The summed E-state index contributed by atoms with van der Waals surface area (Å²) in [5, 5.41) is 25.1. The highest BCUT2D eigenvalue weighted by Crippen LogP contribution is 2.42. The average molecular weight is 742 g/mol. The van der Waals surface area contributed by atoms with Gasteiger partial charge in [0.15, 0.2) is 0 Å². The van der Waals surface area contributed by atoms with Crippen molar-refractivity contribution in [2.75, 3.05) is 70.5 Å². The van der Waals surface area contributed by atoms with Gasteiger partial charge in [-0.05, 0) is 59.0 Å². The van der Waals surface area contributed by atoms with Crippen LogP contribution in [-0.4, -0.2) is 98.2 Å². The second-order valence-corrected chi connectivity index (χ2v) is 14.4. The number of pyridine rings is 1.